The molecule has 0 aliphatic rings. The number of hydrogen-bond acceptors (Lipinski definition) is 3. The molecule has 4 nitrogen and oxygen atoms in total. The van der Waals surface area contributed by atoms with E-state index in [0.717, 1.165) is 4.90 Å². The van der Waals surface area contributed by atoms with Crippen LogP contribution in [0.1, 0.15) is 15.9 Å². The van der Waals surface area contributed by atoms with Gasteiger partial charge in [-0.25, -0.2) is 4.79 Å². The molecule has 1 rings (SSSR count). The van der Waals surface area contributed by atoms with Crippen molar-refractivity contribution in [1.29, 1.82) is 0 Å². The highest BCUT2D eigenvalue weighted by Crippen LogP contribution is 2.18. The number of rotatable bonds is 6. The van der Waals surface area contributed by atoms with Crippen LogP contribution in [-0.2, 0) is 6.54 Å². The monoisotopic (exact) mass is 277 g/mol. The maximum absolute atomic E-state index is 12.3. The number of aliphatic hydroxyl groups is 1. The minimum absolute atomic E-state index is 0.0217. The maximum Gasteiger partial charge on any atom is 0.401 e. The smallest absolute Gasteiger partial charge is 0.401 e. The molecular formula is C12H14F3NO3. The van der Waals surface area contributed by atoms with Crippen molar-refractivity contribution in [3.05, 3.63) is 35.4 Å². The van der Waals surface area contributed by atoms with Crippen molar-refractivity contribution in [2.24, 2.45) is 0 Å². The van der Waals surface area contributed by atoms with Crippen molar-refractivity contribution >= 4 is 5.97 Å². The molecule has 19 heavy (non-hydrogen) atoms. The van der Waals surface area contributed by atoms with E-state index < -0.39 is 25.3 Å². The van der Waals surface area contributed by atoms with Crippen molar-refractivity contribution in [1.82, 2.24) is 4.90 Å². The molecule has 0 atom stereocenters. The number of benzene rings is 1. The van der Waals surface area contributed by atoms with Crippen LogP contribution in [0.25, 0.3) is 0 Å². The molecular weight excluding hydrogens is 263 g/mol. The summed E-state index contributed by atoms with van der Waals surface area (Å²) < 4.78 is 37.0. The molecule has 0 aliphatic heterocycles. The SMILES string of the molecule is O=C(O)c1cccc(CN(CCO)CC(F)(F)F)c1. The largest absolute Gasteiger partial charge is 0.478 e. The predicted molar refractivity (Wildman–Crippen MR) is 61.8 cm³/mol. The van der Waals surface area contributed by atoms with Crippen LogP contribution in [-0.4, -0.2) is 47.0 Å². The molecule has 0 aromatic heterocycles. The summed E-state index contributed by atoms with van der Waals surface area (Å²) in [5.41, 5.74) is 0.478. The van der Waals surface area contributed by atoms with Crippen molar-refractivity contribution in [3.8, 4) is 0 Å². The summed E-state index contributed by atoms with van der Waals surface area (Å²) in [6.07, 6.45) is -4.36. The van der Waals surface area contributed by atoms with Crippen LogP contribution in [0.2, 0.25) is 0 Å². The van der Waals surface area contributed by atoms with Gasteiger partial charge < -0.3 is 10.2 Å². The lowest BCUT2D eigenvalue weighted by atomic mass is 10.1. The maximum atomic E-state index is 12.3. The van der Waals surface area contributed by atoms with Gasteiger partial charge in [-0.1, -0.05) is 12.1 Å². The highest BCUT2D eigenvalue weighted by Gasteiger charge is 2.30. The Labute approximate surface area is 108 Å². The normalized spacial score (nSPS) is 11.8. The summed E-state index contributed by atoms with van der Waals surface area (Å²) in [5, 5.41) is 17.6. The molecule has 0 aliphatic carbocycles. The van der Waals surface area contributed by atoms with Crippen LogP contribution in [0.5, 0.6) is 0 Å². The molecule has 0 fully saturated rings. The van der Waals surface area contributed by atoms with Gasteiger partial charge >= 0.3 is 12.1 Å². The van der Waals surface area contributed by atoms with Crippen molar-refractivity contribution in [2.75, 3.05) is 19.7 Å². The van der Waals surface area contributed by atoms with Gasteiger partial charge in [0.25, 0.3) is 0 Å². The van der Waals surface area contributed by atoms with Gasteiger partial charge in [0.15, 0.2) is 0 Å². The fraction of sp³-hybridized carbons (Fsp3) is 0.417. The topological polar surface area (TPSA) is 60.8 Å². The van der Waals surface area contributed by atoms with Gasteiger partial charge in [-0.15, -0.1) is 0 Å². The summed E-state index contributed by atoms with van der Waals surface area (Å²) in [6.45, 7) is -1.74. The highest BCUT2D eigenvalue weighted by molar-refractivity contribution is 5.87. The number of carboxylic acid groups (broad SMARTS) is 1. The number of carbonyl (C=O) groups is 1. The van der Waals surface area contributed by atoms with Crippen LogP contribution >= 0.6 is 0 Å². The van der Waals surface area contributed by atoms with Crippen LogP contribution in [0.3, 0.4) is 0 Å². The average molecular weight is 277 g/mol. The summed E-state index contributed by atoms with van der Waals surface area (Å²) in [7, 11) is 0. The summed E-state index contributed by atoms with van der Waals surface area (Å²) in [5.74, 6) is -1.13. The fourth-order valence-corrected chi connectivity index (χ4v) is 1.67. The first-order chi connectivity index (χ1) is 8.81. The van der Waals surface area contributed by atoms with E-state index in [9.17, 15) is 18.0 Å². The van der Waals surface area contributed by atoms with E-state index in [1.54, 1.807) is 6.07 Å². The molecule has 0 amide bonds. The van der Waals surface area contributed by atoms with Gasteiger partial charge in [0.05, 0.1) is 18.7 Å². The van der Waals surface area contributed by atoms with Crippen LogP contribution in [0, 0.1) is 0 Å². The van der Waals surface area contributed by atoms with Gasteiger partial charge in [0.1, 0.15) is 0 Å². The first-order valence-corrected chi connectivity index (χ1v) is 5.54. The lowest BCUT2D eigenvalue weighted by Gasteiger charge is -2.22. The summed E-state index contributed by atoms with van der Waals surface area (Å²) in [4.78, 5) is 11.8. The predicted octanol–water partition coefficient (Wildman–Crippen LogP) is 1.74. The molecule has 0 spiro atoms. The zero-order chi connectivity index (χ0) is 14.5. The number of aliphatic hydroxyl groups excluding tert-OH is 1. The van der Waals surface area contributed by atoms with Crippen LogP contribution < -0.4 is 0 Å². The third-order valence-corrected chi connectivity index (χ3v) is 2.40. The Bertz CT molecular complexity index is 434. The van der Waals surface area contributed by atoms with Gasteiger partial charge in [-0.3, -0.25) is 4.90 Å². The minimum Gasteiger partial charge on any atom is -0.478 e. The number of alkyl halides is 3. The van der Waals surface area contributed by atoms with Crippen LogP contribution in [0.15, 0.2) is 24.3 Å². The molecule has 106 valence electrons. The number of halogens is 3. The number of nitrogens with zero attached hydrogens (tertiary/aromatic N) is 1. The number of aromatic carboxylic acids is 1. The zero-order valence-electron chi connectivity index (χ0n) is 10.0. The fourth-order valence-electron chi connectivity index (χ4n) is 1.67. The Kier molecular flexibility index (Phi) is 5.31. The molecule has 0 radical (unpaired) electrons. The van der Waals surface area contributed by atoms with E-state index in [-0.39, 0.29) is 18.7 Å². The molecule has 1 aromatic carbocycles. The Morgan fingerprint density at radius 2 is 2.00 bits per heavy atom. The molecule has 0 saturated heterocycles. The Hall–Kier alpha value is -1.60. The lowest BCUT2D eigenvalue weighted by Crippen LogP contribution is -2.35. The minimum atomic E-state index is -4.36. The van der Waals surface area contributed by atoms with Gasteiger partial charge in [-0.05, 0) is 17.7 Å². The number of hydrogen-bond donors (Lipinski definition) is 2. The zero-order valence-corrected chi connectivity index (χ0v) is 10.0. The standard InChI is InChI=1S/C12H14F3NO3/c13-12(14,15)8-16(4-5-17)7-9-2-1-3-10(6-9)11(18)19/h1-3,6,17H,4-5,7-8H2,(H,18,19). The Morgan fingerprint density at radius 1 is 1.32 bits per heavy atom. The quantitative estimate of drug-likeness (QED) is 0.831. The van der Waals surface area contributed by atoms with E-state index in [1.807, 2.05) is 0 Å². The first kappa shape index (κ1) is 15.5. The van der Waals surface area contributed by atoms with E-state index in [4.69, 9.17) is 10.2 Å². The van der Waals surface area contributed by atoms with Crippen molar-refractivity contribution < 1.29 is 28.2 Å². The molecule has 2 N–H and O–H groups in total. The molecule has 1 aromatic rings. The third-order valence-electron chi connectivity index (χ3n) is 2.40. The second kappa shape index (κ2) is 6.53. The Morgan fingerprint density at radius 3 is 2.53 bits per heavy atom. The Balaban J connectivity index is 2.78. The molecule has 7 heteroatoms. The second-order valence-corrected chi connectivity index (χ2v) is 4.05. The van der Waals surface area contributed by atoms with E-state index in [0.29, 0.717) is 5.56 Å². The second-order valence-electron chi connectivity index (χ2n) is 4.05. The third kappa shape index (κ3) is 5.71. The summed E-state index contributed by atoms with van der Waals surface area (Å²) in [6, 6.07) is 5.71. The van der Waals surface area contributed by atoms with Crippen molar-refractivity contribution in [3.63, 3.8) is 0 Å². The number of carboxylic acids is 1. The lowest BCUT2D eigenvalue weighted by molar-refractivity contribution is -0.147. The molecule has 0 bridgehead atoms. The van der Waals surface area contributed by atoms with E-state index >= 15 is 0 Å². The highest BCUT2D eigenvalue weighted by atomic mass is 19.4. The van der Waals surface area contributed by atoms with Crippen molar-refractivity contribution in [2.45, 2.75) is 12.7 Å². The molecule has 0 saturated carbocycles. The molecule has 0 heterocycles. The van der Waals surface area contributed by atoms with E-state index in [1.165, 1.54) is 18.2 Å². The van der Waals surface area contributed by atoms with E-state index in [2.05, 4.69) is 0 Å². The van der Waals surface area contributed by atoms with Crippen LogP contribution in [0.4, 0.5) is 13.2 Å². The summed E-state index contributed by atoms with van der Waals surface area (Å²) >= 11 is 0. The van der Waals surface area contributed by atoms with Gasteiger partial charge in [0.2, 0.25) is 0 Å². The van der Waals surface area contributed by atoms with Gasteiger partial charge in [-0.2, -0.15) is 13.2 Å². The molecule has 0 unspecified atom stereocenters. The average Bonchev–Trinajstić information content (AvgIpc) is 2.27. The van der Waals surface area contributed by atoms with Gasteiger partial charge in [0, 0.05) is 13.1 Å². The first-order valence-electron chi connectivity index (χ1n) is 5.54.